The summed E-state index contributed by atoms with van der Waals surface area (Å²) in [6.45, 7) is 4.80. The number of hydrogen-bond donors (Lipinski definition) is 1. The molecule has 1 unspecified atom stereocenters. The highest BCUT2D eigenvalue weighted by Crippen LogP contribution is 2.27. The van der Waals surface area contributed by atoms with Crippen LogP contribution in [0.3, 0.4) is 0 Å². The van der Waals surface area contributed by atoms with Gasteiger partial charge in [-0.3, -0.25) is 14.5 Å². The molecule has 2 heterocycles. The fraction of sp³-hybridized carbons (Fsp3) is 0.600. The van der Waals surface area contributed by atoms with Crippen LogP contribution in [-0.4, -0.2) is 83.6 Å². The molecule has 1 aromatic carbocycles. The SMILES string of the molecule is COc1ccc(F)c(CN2CCCC(O)(CN3CCN(C(C)=O)CC3)C2=O)c1. The number of rotatable bonds is 5. The lowest BCUT2D eigenvalue weighted by Crippen LogP contribution is -2.60. The molecule has 0 aromatic heterocycles. The van der Waals surface area contributed by atoms with Crippen LogP contribution in [0.25, 0.3) is 0 Å². The summed E-state index contributed by atoms with van der Waals surface area (Å²) < 4.78 is 19.3. The molecule has 7 nitrogen and oxygen atoms in total. The van der Waals surface area contributed by atoms with Crippen molar-refractivity contribution in [2.45, 2.75) is 31.9 Å². The Hall–Kier alpha value is -2.19. The summed E-state index contributed by atoms with van der Waals surface area (Å²) in [7, 11) is 1.51. The Morgan fingerprint density at radius 2 is 1.96 bits per heavy atom. The predicted molar refractivity (Wildman–Crippen MR) is 101 cm³/mol. The topological polar surface area (TPSA) is 73.3 Å². The van der Waals surface area contributed by atoms with Gasteiger partial charge in [0.1, 0.15) is 11.6 Å². The molecule has 8 heteroatoms. The molecule has 2 fully saturated rings. The molecule has 154 valence electrons. The lowest BCUT2D eigenvalue weighted by atomic mass is 9.90. The number of ether oxygens (including phenoxy) is 1. The van der Waals surface area contributed by atoms with Gasteiger partial charge < -0.3 is 19.6 Å². The third-order valence-corrected chi connectivity index (χ3v) is 5.62. The second kappa shape index (κ2) is 8.45. The fourth-order valence-corrected chi connectivity index (χ4v) is 3.96. The molecule has 2 aliphatic heterocycles. The summed E-state index contributed by atoms with van der Waals surface area (Å²) in [6, 6.07) is 4.44. The Bertz CT molecular complexity index is 736. The second-order valence-corrected chi connectivity index (χ2v) is 7.60. The summed E-state index contributed by atoms with van der Waals surface area (Å²) in [6.07, 6.45) is 1.04. The average molecular weight is 393 g/mol. The van der Waals surface area contributed by atoms with Gasteiger partial charge in [-0.1, -0.05) is 0 Å². The molecular formula is C20H28FN3O4. The van der Waals surface area contributed by atoms with E-state index < -0.39 is 11.4 Å². The van der Waals surface area contributed by atoms with E-state index in [4.69, 9.17) is 4.74 Å². The molecule has 3 rings (SSSR count). The lowest BCUT2D eigenvalue weighted by molar-refractivity contribution is -0.161. The van der Waals surface area contributed by atoms with E-state index in [1.54, 1.807) is 17.9 Å². The maximum atomic E-state index is 14.2. The van der Waals surface area contributed by atoms with E-state index in [1.807, 2.05) is 4.90 Å². The molecule has 0 spiro atoms. The van der Waals surface area contributed by atoms with Gasteiger partial charge >= 0.3 is 0 Å². The van der Waals surface area contributed by atoms with Gasteiger partial charge in [-0.2, -0.15) is 0 Å². The Morgan fingerprint density at radius 3 is 2.61 bits per heavy atom. The van der Waals surface area contributed by atoms with Gasteiger partial charge in [0.15, 0.2) is 5.60 Å². The van der Waals surface area contributed by atoms with E-state index in [0.717, 1.165) is 0 Å². The fourth-order valence-electron chi connectivity index (χ4n) is 3.96. The maximum absolute atomic E-state index is 14.2. The highest BCUT2D eigenvalue weighted by molar-refractivity contribution is 5.86. The normalized spacial score (nSPS) is 23.8. The maximum Gasteiger partial charge on any atom is 0.256 e. The number of hydrogen-bond acceptors (Lipinski definition) is 5. The summed E-state index contributed by atoms with van der Waals surface area (Å²) in [5, 5.41) is 11.1. The number of amides is 2. The van der Waals surface area contributed by atoms with Crippen LogP contribution in [0, 0.1) is 5.82 Å². The van der Waals surface area contributed by atoms with Gasteiger partial charge in [0, 0.05) is 58.3 Å². The molecular weight excluding hydrogens is 365 g/mol. The van der Waals surface area contributed by atoms with Crippen molar-refractivity contribution in [3.8, 4) is 5.75 Å². The zero-order valence-corrected chi connectivity index (χ0v) is 16.5. The highest BCUT2D eigenvalue weighted by atomic mass is 19.1. The van der Waals surface area contributed by atoms with Gasteiger partial charge in [-0.15, -0.1) is 0 Å². The standard InChI is InChI=1S/C20H28FN3O4/c1-15(25)23-10-8-22(9-11-23)14-20(27)6-3-7-24(19(20)26)13-16-12-17(28-2)4-5-18(16)21/h4-5,12,27H,3,6-11,13-14H2,1-2H3. The number of carbonyl (C=O) groups is 2. The molecule has 2 amide bonds. The van der Waals surface area contributed by atoms with Crippen LogP contribution < -0.4 is 4.74 Å². The molecule has 0 saturated carbocycles. The van der Waals surface area contributed by atoms with Crippen LogP contribution in [0.4, 0.5) is 4.39 Å². The van der Waals surface area contributed by atoms with Gasteiger partial charge in [-0.05, 0) is 31.0 Å². The first-order valence-electron chi connectivity index (χ1n) is 9.64. The number of piperidine rings is 1. The second-order valence-electron chi connectivity index (χ2n) is 7.60. The highest BCUT2D eigenvalue weighted by Gasteiger charge is 2.43. The Labute approximate surface area is 164 Å². The van der Waals surface area contributed by atoms with Crippen molar-refractivity contribution in [3.63, 3.8) is 0 Å². The number of β-amino-alcohol motifs (C(OH)–C–C–N with tert-alkyl or cyclic N) is 1. The minimum absolute atomic E-state index is 0.0404. The van der Waals surface area contributed by atoms with Gasteiger partial charge in [0.25, 0.3) is 5.91 Å². The lowest BCUT2D eigenvalue weighted by Gasteiger charge is -2.43. The van der Waals surface area contributed by atoms with Crippen molar-refractivity contribution in [3.05, 3.63) is 29.6 Å². The van der Waals surface area contributed by atoms with Gasteiger partial charge in [-0.25, -0.2) is 4.39 Å². The quantitative estimate of drug-likeness (QED) is 0.803. The largest absolute Gasteiger partial charge is 0.497 e. The number of nitrogens with zero attached hydrogens (tertiary/aromatic N) is 3. The molecule has 1 aromatic rings. The summed E-state index contributed by atoms with van der Waals surface area (Å²) in [5.41, 5.74) is -1.11. The summed E-state index contributed by atoms with van der Waals surface area (Å²) in [5.74, 6) is -0.198. The Balaban J connectivity index is 1.65. The zero-order valence-electron chi connectivity index (χ0n) is 16.5. The third-order valence-electron chi connectivity index (χ3n) is 5.62. The molecule has 2 saturated heterocycles. The molecule has 0 bridgehead atoms. The number of benzene rings is 1. The number of methoxy groups -OCH3 is 1. The van der Waals surface area contributed by atoms with Crippen LogP contribution in [0.15, 0.2) is 18.2 Å². The molecule has 1 N–H and O–H groups in total. The molecule has 0 aliphatic carbocycles. The van der Waals surface area contributed by atoms with Crippen molar-refractivity contribution in [1.29, 1.82) is 0 Å². The minimum atomic E-state index is -1.48. The molecule has 1 atom stereocenters. The van der Waals surface area contributed by atoms with Crippen molar-refractivity contribution in [1.82, 2.24) is 14.7 Å². The summed E-state index contributed by atoms with van der Waals surface area (Å²) >= 11 is 0. The summed E-state index contributed by atoms with van der Waals surface area (Å²) in [4.78, 5) is 29.8. The van der Waals surface area contributed by atoms with Gasteiger partial charge in [0.05, 0.1) is 7.11 Å². The van der Waals surface area contributed by atoms with Crippen LogP contribution in [0.1, 0.15) is 25.3 Å². The molecule has 0 radical (unpaired) electrons. The zero-order chi connectivity index (χ0) is 20.3. The predicted octanol–water partition coefficient (Wildman–Crippen LogP) is 0.852. The number of halogens is 1. The van der Waals surface area contributed by atoms with Crippen molar-refractivity contribution in [2.75, 3.05) is 46.4 Å². The number of piperazine rings is 1. The minimum Gasteiger partial charge on any atom is -0.497 e. The van der Waals surface area contributed by atoms with E-state index in [2.05, 4.69) is 0 Å². The van der Waals surface area contributed by atoms with Crippen LogP contribution in [0.2, 0.25) is 0 Å². The van der Waals surface area contributed by atoms with E-state index in [-0.39, 0.29) is 24.9 Å². The Kier molecular flexibility index (Phi) is 6.20. The van der Waals surface area contributed by atoms with E-state index >= 15 is 0 Å². The Morgan fingerprint density at radius 1 is 1.25 bits per heavy atom. The van der Waals surface area contributed by atoms with E-state index in [1.165, 1.54) is 24.1 Å². The van der Waals surface area contributed by atoms with Crippen LogP contribution in [0.5, 0.6) is 5.75 Å². The first kappa shape index (κ1) is 20.5. The van der Waals surface area contributed by atoms with Crippen molar-refractivity contribution in [2.24, 2.45) is 0 Å². The van der Waals surface area contributed by atoms with E-state index in [9.17, 15) is 19.1 Å². The number of carbonyl (C=O) groups excluding carboxylic acids is 2. The van der Waals surface area contributed by atoms with Crippen molar-refractivity contribution >= 4 is 11.8 Å². The van der Waals surface area contributed by atoms with E-state index in [0.29, 0.717) is 56.9 Å². The van der Waals surface area contributed by atoms with Crippen molar-refractivity contribution < 1.29 is 23.8 Å². The van der Waals surface area contributed by atoms with Crippen LogP contribution in [-0.2, 0) is 16.1 Å². The third kappa shape index (κ3) is 4.44. The number of aliphatic hydroxyl groups is 1. The number of likely N-dealkylation sites (tertiary alicyclic amines) is 1. The van der Waals surface area contributed by atoms with Gasteiger partial charge in [0.2, 0.25) is 5.91 Å². The monoisotopic (exact) mass is 393 g/mol. The first-order valence-corrected chi connectivity index (χ1v) is 9.64. The van der Waals surface area contributed by atoms with Crippen LogP contribution >= 0.6 is 0 Å². The molecule has 28 heavy (non-hydrogen) atoms. The molecule has 2 aliphatic rings. The smallest absolute Gasteiger partial charge is 0.256 e. The average Bonchev–Trinajstić information content (AvgIpc) is 2.67. The first-order chi connectivity index (χ1) is 13.3.